The Labute approximate surface area is 124 Å². The molecule has 0 spiro atoms. The van der Waals surface area contributed by atoms with Crippen LogP contribution in [0.2, 0.25) is 0 Å². The van der Waals surface area contributed by atoms with Gasteiger partial charge in [0.2, 0.25) is 0 Å². The highest BCUT2D eigenvalue weighted by atomic mass is 32.1. The molecular weight excluding hydrogens is 268 g/mol. The van der Waals surface area contributed by atoms with Crippen LogP contribution in [0.15, 0.2) is 24.3 Å². The minimum absolute atomic E-state index is 0.0818. The maximum atomic E-state index is 9.47. The van der Waals surface area contributed by atoms with Gasteiger partial charge in [0, 0.05) is 12.2 Å². The zero-order chi connectivity index (χ0) is 14.5. The molecule has 0 aliphatic rings. The number of aryl methyl sites for hydroxylation is 2. The highest BCUT2D eigenvalue weighted by Gasteiger charge is 2.15. The highest BCUT2D eigenvalue weighted by Crippen LogP contribution is 2.32. The van der Waals surface area contributed by atoms with Gasteiger partial charge in [-0.3, -0.25) is 0 Å². The van der Waals surface area contributed by atoms with E-state index in [0.29, 0.717) is 0 Å². The lowest BCUT2D eigenvalue weighted by Crippen LogP contribution is -2.15. The number of aliphatic hydroxyl groups excluding tert-OH is 1. The van der Waals surface area contributed by atoms with Gasteiger partial charge in [-0.2, -0.15) is 0 Å². The van der Waals surface area contributed by atoms with Crippen molar-refractivity contribution < 1.29 is 5.11 Å². The van der Waals surface area contributed by atoms with E-state index in [1.165, 1.54) is 5.56 Å². The van der Waals surface area contributed by atoms with Gasteiger partial charge in [0.25, 0.3) is 0 Å². The normalized spacial score (nSPS) is 10.8. The van der Waals surface area contributed by atoms with E-state index in [1.54, 1.807) is 11.3 Å². The lowest BCUT2D eigenvalue weighted by atomic mass is 10.2. The molecule has 0 aliphatic heterocycles. The van der Waals surface area contributed by atoms with Gasteiger partial charge in [0.1, 0.15) is 0 Å². The predicted molar refractivity (Wildman–Crippen MR) is 85.9 cm³/mol. The zero-order valence-electron chi connectivity index (χ0n) is 12.4. The number of benzene rings is 1. The SMILES string of the molecule is CCCc1nc(N(CC)c2ccc(C)cc2)sc1CO. The standard InChI is InChI=1S/C16H22N2OS/c1-4-6-14-15(11-19)20-16(17-14)18(5-2)13-9-7-12(3)8-10-13/h7-10,19H,4-6,11H2,1-3H3. The summed E-state index contributed by atoms with van der Waals surface area (Å²) in [5.74, 6) is 0. The van der Waals surface area contributed by atoms with E-state index in [9.17, 15) is 5.11 Å². The molecule has 20 heavy (non-hydrogen) atoms. The first-order chi connectivity index (χ1) is 9.69. The van der Waals surface area contributed by atoms with Gasteiger partial charge in [0.15, 0.2) is 5.13 Å². The highest BCUT2D eigenvalue weighted by molar-refractivity contribution is 7.15. The van der Waals surface area contributed by atoms with E-state index >= 15 is 0 Å². The van der Waals surface area contributed by atoms with Crippen LogP contribution in [0, 0.1) is 6.92 Å². The van der Waals surface area contributed by atoms with Crippen LogP contribution in [0.5, 0.6) is 0 Å². The fourth-order valence-electron chi connectivity index (χ4n) is 2.19. The van der Waals surface area contributed by atoms with Crippen molar-refractivity contribution in [2.24, 2.45) is 0 Å². The van der Waals surface area contributed by atoms with Crippen molar-refractivity contribution in [2.45, 2.75) is 40.2 Å². The molecule has 0 bridgehead atoms. The summed E-state index contributed by atoms with van der Waals surface area (Å²) in [6, 6.07) is 8.48. The number of hydrogen-bond donors (Lipinski definition) is 1. The molecule has 0 fully saturated rings. The molecule has 2 rings (SSSR count). The first kappa shape index (κ1) is 15.0. The van der Waals surface area contributed by atoms with E-state index in [1.807, 2.05) is 0 Å². The summed E-state index contributed by atoms with van der Waals surface area (Å²) in [5, 5.41) is 10.4. The summed E-state index contributed by atoms with van der Waals surface area (Å²) in [6.45, 7) is 7.30. The summed E-state index contributed by atoms with van der Waals surface area (Å²) in [4.78, 5) is 7.92. The molecule has 0 amide bonds. The fourth-order valence-corrected chi connectivity index (χ4v) is 3.24. The molecule has 108 valence electrons. The van der Waals surface area contributed by atoms with Crippen LogP contribution in [-0.2, 0) is 13.0 Å². The Morgan fingerprint density at radius 1 is 1.20 bits per heavy atom. The molecular formula is C16H22N2OS. The van der Waals surface area contributed by atoms with E-state index < -0.39 is 0 Å². The minimum Gasteiger partial charge on any atom is -0.391 e. The molecule has 1 heterocycles. The summed E-state index contributed by atoms with van der Waals surface area (Å²) in [6.07, 6.45) is 1.98. The van der Waals surface area contributed by atoms with Crippen LogP contribution in [0.1, 0.15) is 36.4 Å². The third kappa shape index (κ3) is 3.19. The number of hydrogen-bond acceptors (Lipinski definition) is 4. The van der Waals surface area contributed by atoms with Crippen molar-refractivity contribution in [3.05, 3.63) is 40.4 Å². The quantitative estimate of drug-likeness (QED) is 0.871. The Morgan fingerprint density at radius 2 is 1.90 bits per heavy atom. The van der Waals surface area contributed by atoms with Gasteiger partial charge in [-0.15, -0.1) is 0 Å². The molecule has 4 heteroatoms. The number of aliphatic hydroxyl groups is 1. The van der Waals surface area contributed by atoms with Gasteiger partial charge < -0.3 is 10.0 Å². The maximum Gasteiger partial charge on any atom is 0.190 e. The van der Waals surface area contributed by atoms with Crippen LogP contribution in [-0.4, -0.2) is 16.6 Å². The number of rotatable bonds is 6. The Hall–Kier alpha value is -1.39. The van der Waals surface area contributed by atoms with Crippen LogP contribution in [0.4, 0.5) is 10.8 Å². The topological polar surface area (TPSA) is 36.4 Å². The Bertz CT molecular complexity index is 548. The molecule has 0 radical (unpaired) electrons. The molecule has 0 saturated heterocycles. The Balaban J connectivity index is 2.33. The van der Waals surface area contributed by atoms with Crippen molar-refractivity contribution in [1.29, 1.82) is 0 Å². The van der Waals surface area contributed by atoms with Crippen molar-refractivity contribution in [3.63, 3.8) is 0 Å². The predicted octanol–water partition coefficient (Wildman–Crippen LogP) is 4.05. The molecule has 1 aromatic heterocycles. The van der Waals surface area contributed by atoms with Gasteiger partial charge in [0.05, 0.1) is 17.2 Å². The Morgan fingerprint density at radius 3 is 2.45 bits per heavy atom. The van der Waals surface area contributed by atoms with Gasteiger partial charge in [-0.05, 0) is 32.4 Å². The summed E-state index contributed by atoms with van der Waals surface area (Å²) >= 11 is 1.60. The fraction of sp³-hybridized carbons (Fsp3) is 0.438. The van der Waals surface area contributed by atoms with Crippen LogP contribution in [0.25, 0.3) is 0 Å². The van der Waals surface area contributed by atoms with E-state index in [-0.39, 0.29) is 6.61 Å². The van der Waals surface area contributed by atoms with Crippen LogP contribution < -0.4 is 4.90 Å². The average molecular weight is 290 g/mol. The van der Waals surface area contributed by atoms with Crippen molar-refractivity contribution in [2.75, 3.05) is 11.4 Å². The second-order valence-electron chi connectivity index (χ2n) is 4.85. The minimum atomic E-state index is 0.0818. The van der Waals surface area contributed by atoms with Gasteiger partial charge in [-0.1, -0.05) is 42.4 Å². The first-order valence-electron chi connectivity index (χ1n) is 7.13. The molecule has 0 atom stereocenters. The Kier molecular flexibility index (Phi) is 5.15. The number of nitrogens with zero attached hydrogens (tertiary/aromatic N) is 2. The zero-order valence-corrected chi connectivity index (χ0v) is 13.2. The number of anilines is 2. The van der Waals surface area contributed by atoms with Gasteiger partial charge >= 0.3 is 0 Å². The molecule has 3 nitrogen and oxygen atoms in total. The van der Waals surface area contributed by atoms with Crippen molar-refractivity contribution in [3.8, 4) is 0 Å². The lowest BCUT2D eigenvalue weighted by molar-refractivity contribution is 0.284. The first-order valence-corrected chi connectivity index (χ1v) is 7.94. The molecule has 1 N–H and O–H groups in total. The van der Waals surface area contributed by atoms with Crippen molar-refractivity contribution in [1.82, 2.24) is 4.98 Å². The summed E-state index contributed by atoms with van der Waals surface area (Å²) in [5.41, 5.74) is 3.45. The summed E-state index contributed by atoms with van der Waals surface area (Å²) in [7, 11) is 0. The van der Waals surface area contributed by atoms with E-state index in [0.717, 1.165) is 40.8 Å². The monoisotopic (exact) mass is 290 g/mol. The van der Waals surface area contributed by atoms with Crippen molar-refractivity contribution >= 4 is 22.2 Å². The maximum absolute atomic E-state index is 9.47. The second kappa shape index (κ2) is 6.86. The molecule has 2 aromatic rings. The number of aromatic nitrogens is 1. The average Bonchev–Trinajstić information content (AvgIpc) is 2.85. The second-order valence-corrected chi connectivity index (χ2v) is 5.92. The molecule has 1 aromatic carbocycles. The van der Waals surface area contributed by atoms with Crippen LogP contribution in [0.3, 0.4) is 0 Å². The lowest BCUT2D eigenvalue weighted by Gasteiger charge is -2.20. The van der Waals surface area contributed by atoms with Crippen LogP contribution >= 0.6 is 11.3 Å². The smallest absolute Gasteiger partial charge is 0.190 e. The third-order valence-electron chi connectivity index (χ3n) is 3.29. The van der Waals surface area contributed by atoms with E-state index in [4.69, 9.17) is 4.98 Å². The molecule has 0 aliphatic carbocycles. The third-order valence-corrected chi connectivity index (χ3v) is 4.40. The van der Waals surface area contributed by atoms with E-state index in [2.05, 4.69) is 49.9 Å². The molecule has 0 unspecified atom stereocenters. The number of thiazole rings is 1. The largest absolute Gasteiger partial charge is 0.391 e. The molecule has 0 saturated carbocycles. The summed E-state index contributed by atoms with van der Waals surface area (Å²) < 4.78 is 0. The van der Waals surface area contributed by atoms with Gasteiger partial charge in [-0.25, -0.2) is 4.98 Å².